The molecule has 0 saturated carbocycles. The molecule has 8 heteroatoms. The third kappa shape index (κ3) is 4.82. The van der Waals surface area contributed by atoms with Crippen LogP contribution in [0, 0.1) is 5.92 Å². The van der Waals surface area contributed by atoms with Crippen LogP contribution in [0.25, 0.3) is 11.5 Å². The number of benzene rings is 1. The van der Waals surface area contributed by atoms with Crippen molar-refractivity contribution in [3.05, 3.63) is 54.3 Å². The van der Waals surface area contributed by atoms with Gasteiger partial charge in [-0.25, -0.2) is 4.98 Å². The van der Waals surface area contributed by atoms with Crippen LogP contribution in [-0.2, 0) is 17.6 Å². The van der Waals surface area contributed by atoms with Crippen LogP contribution in [0.4, 0.5) is 0 Å². The van der Waals surface area contributed by atoms with E-state index in [1.807, 2.05) is 29.2 Å². The van der Waals surface area contributed by atoms with Crippen LogP contribution in [-0.4, -0.2) is 51.1 Å². The summed E-state index contributed by atoms with van der Waals surface area (Å²) >= 11 is 0. The standard InChI is InChI=1S/C22H25N5O3/c1-29-19-5-3-2-4-17(19)6-7-21(28)27-12-8-16(9-13-27)14-20-25-22(26-30-20)18-15-23-10-11-24-18/h2-5,10-11,15-16H,6-9,12-14H2,1H3. The summed E-state index contributed by atoms with van der Waals surface area (Å²) < 4.78 is 10.8. The number of ether oxygens (including phenoxy) is 1. The van der Waals surface area contributed by atoms with Gasteiger partial charge in [-0.05, 0) is 36.8 Å². The van der Waals surface area contributed by atoms with Crippen LogP contribution in [0.1, 0.15) is 30.7 Å². The Labute approximate surface area is 175 Å². The number of methoxy groups -OCH3 is 1. The number of likely N-dealkylation sites (tertiary alicyclic amines) is 1. The summed E-state index contributed by atoms with van der Waals surface area (Å²) in [6.45, 7) is 1.53. The predicted octanol–water partition coefficient (Wildman–Crippen LogP) is 2.95. The van der Waals surface area contributed by atoms with E-state index in [9.17, 15) is 4.79 Å². The molecular formula is C22H25N5O3. The first-order chi connectivity index (χ1) is 14.7. The quantitative estimate of drug-likeness (QED) is 0.594. The van der Waals surface area contributed by atoms with Crippen molar-refractivity contribution >= 4 is 5.91 Å². The lowest BCUT2D eigenvalue weighted by atomic mass is 9.93. The van der Waals surface area contributed by atoms with Gasteiger partial charge in [0.1, 0.15) is 11.4 Å². The van der Waals surface area contributed by atoms with E-state index in [0.29, 0.717) is 36.2 Å². The van der Waals surface area contributed by atoms with E-state index in [1.54, 1.807) is 25.7 Å². The van der Waals surface area contributed by atoms with E-state index in [-0.39, 0.29) is 5.91 Å². The number of piperidine rings is 1. The van der Waals surface area contributed by atoms with E-state index in [2.05, 4.69) is 20.1 Å². The summed E-state index contributed by atoms with van der Waals surface area (Å²) in [6, 6.07) is 7.85. The second-order valence-corrected chi connectivity index (χ2v) is 7.44. The number of aromatic nitrogens is 4. The van der Waals surface area contributed by atoms with Gasteiger partial charge in [0.15, 0.2) is 0 Å². The summed E-state index contributed by atoms with van der Waals surface area (Å²) in [6.07, 6.45) is 8.60. The number of amides is 1. The van der Waals surface area contributed by atoms with Crippen LogP contribution in [0.2, 0.25) is 0 Å². The Kier molecular flexibility index (Phi) is 6.32. The third-order valence-corrected chi connectivity index (χ3v) is 5.49. The van der Waals surface area contributed by atoms with Gasteiger partial charge in [-0.1, -0.05) is 23.4 Å². The van der Waals surface area contributed by atoms with Crippen molar-refractivity contribution in [1.29, 1.82) is 0 Å². The van der Waals surface area contributed by atoms with Crippen molar-refractivity contribution in [1.82, 2.24) is 25.0 Å². The molecular weight excluding hydrogens is 382 g/mol. The first-order valence-corrected chi connectivity index (χ1v) is 10.2. The Morgan fingerprint density at radius 2 is 2.07 bits per heavy atom. The minimum absolute atomic E-state index is 0.196. The number of para-hydroxylation sites is 1. The molecule has 0 unspecified atom stereocenters. The smallest absolute Gasteiger partial charge is 0.227 e. The molecule has 0 radical (unpaired) electrons. The van der Waals surface area contributed by atoms with E-state index >= 15 is 0 Å². The van der Waals surface area contributed by atoms with Crippen LogP contribution >= 0.6 is 0 Å². The van der Waals surface area contributed by atoms with E-state index in [0.717, 1.165) is 43.7 Å². The topological polar surface area (TPSA) is 94.2 Å². The maximum Gasteiger partial charge on any atom is 0.227 e. The van der Waals surface area contributed by atoms with E-state index in [1.165, 1.54) is 0 Å². The van der Waals surface area contributed by atoms with Gasteiger partial charge >= 0.3 is 0 Å². The van der Waals surface area contributed by atoms with Gasteiger partial charge in [-0.15, -0.1) is 0 Å². The lowest BCUT2D eigenvalue weighted by Crippen LogP contribution is -2.39. The fraction of sp³-hybridized carbons (Fsp3) is 0.409. The molecule has 2 aromatic heterocycles. The number of rotatable bonds is 7. The average Bonchev–Trinajstić information content (AvgIpc) is 3.27. The molecule has 0 aliphatic carbocycles. The van der Waals surface area contributed by atoms with Gasteiger partial charge in [-0.2, -0.15) is 4.98 Å². The Morgan fingerprint density at radius 3 is 2.83 bits per heavy atom. The number of nitrogens with zero attached hydrogens (tertiary/aromatic N) is 5. The Morgan fingerprint density at radius 1 is 1.23 bits per heavy atom. The van der Waals surface area contributed by atoms with Gasteiger partial charge < -0.3 is 14.2 Å². The lowest BCUT2D eigenvalue weighted by Gasteiger charge is -2.31. The highest BCUT2D eigenvalue weighted by molar-refractivity contribution is 5.76. The minimum atomic E-state index is 0.196. The first-order valence-electron chi connectivity index (χ1n) is 10.2. The van der Waals surface area contributed by atoms with E-state index in [4.69, 9.17) is 9.26 Å². The van der Waals surface area contributed by atoms with Crippen molar-refractivity contribution in [3.63, 3.8) is 0 Å². The SMILES string of the molecule is COc1ccccc1CCC(=O)N1CCC(Cc2nc(-c3cnccn3)no2)CC1. The van der Waals surface area contributed by atoms with Gasteiger partial charge in [0, 0.05) is 38.3 Å². The van der Waals surface area contributed by atoms with Crippen molar-refractivity contribution in [2.75, 3.05) is 20.2 Å². The molecule has 1 aromatic carbocycles. The van der Waals surface area contributed by atoms with Crippen LogP contribution in [0.5, 0.6) is 5.75 Å². The molecule has 3 aromatic rings. The van der Waals surface area contributed by atoms with Crippen molar-refractivity contribution in [2.45, 2.75) is 32.1 Å². The zero-order valence-electron chi connectivity index (χ0n) is 17.0. The van der Waals surface area contributed by atoms with Crippen molar-refractivity contribution in [2.24, 2.45) is 5.92 Å². The fourth-order valence-electron chi connectivity index (χ4n) is 3.80. The van der Waals surface area contributed by atoms with Gasteiger partial charge in [-0.3, -0.25) is 9.78 Å². The highest BCUT2D eigenvalue weighted by Crippen LogP contribution is 2.24. The molecule has 0 atom stereocenters. The number of hydrogen-bond donors (Lipinski definition) is 0. The summed E-state index contributed by atoms with van der Waals surface area (Å²) in [5.41, 5.74) is 1.67. The lowest BCUT2D eigenvalue weighted by molar-refractivity contribution is -0.132. The third-order valence-electron chi connectivity index (χ3n) is 5.49. The zero-order valence-corrected chi connectivity index (χ0v) is 17.0. The van der Waals surface area contributed by atoms with Crippen molar-refractivity contribution < 1.29 is 14.1 Å². The number of aryl methyl sites for hydroxylation is 1. The molecule has 156 valence electrons. The summed E-state index contributed by atoms with van der Waals surface area (Å²) in [5, 5.41) is 4.00. The average molecular weight is 407 g/mol. The predicted molar refractivity (Wildman–Crippen MR) is 110 cm³/mol. The molecule has 0 bridgehead atoms. The molecule has 1 aliphatic rings. The van der Waals surface area contributed by atoms with Crippen LogP contribution < -0.4 is 4.74 Å². The first kappa shape index (κ1) is 20.0. The van der Waals surface area contributed by atoms with Crippen molar-refractivity contribution in [3.8, 4) is 17.3 Å². The van der Waals surface area contributed by atoms with Gasteiger partial charge in [0.05, 0.1) is 13.3 Å². The maximum absolute atomic E-state index is 12.6. The highest BCUT2D eigenvalue weighted by Gasteiger charge is 2.24. The largest absolute Gasteiger partial charge is 0.496 e. The summed E-state index contributed by atoms with van der Waals surface area (Å²) in [7, 11) is 1.66. The summed E-state index contributed by atoms with van der Waals surface area (Å²) in [4.78, 5) is 27.2. The molecule has 0 spiro atoms. The summed E-state index contributed by atoms with van der Waals surface area (Å²) in [5.74, 6) is 2.53. The molecule has 1 aliphatic heterocycles. The maximum atomic E-state index is 12.6. The molecule has 1 saturated heterocycles. The second kappa shape index (κ2) is 9.47. The monoisotopic (exact) mass is 407 g/mol. The second-order valence-electron chi connectivity index (χ2n) is 7.44. The van der Waals surface area contributed by atoms with Gasteiger partial charge in [0.2, 0.25) is 17.6 Å². The Balaban J connectivity index is 1.25. The molecule has 1 fully saturated rings. The zero-order chi connectivity index (χ0) is 20.8. The van der Waals surface area contributed by atoms with Crippen LogP contribution in [0.15, 0.2) is 47.4 Å². The number of hydrogen-bond acceptors (Lipinski definition) is 7. The highest BCUT2D eigenvalue weighted by atomic mass is 16.5. The fourth-order valence-corrected chi connectivity index (χ4v) is 3.80. The van der Waals surface area contributed by atoms with Crippen LogP contribution in [0.3, 0.4) is 0 Å². The molecule has 30 heavy (non-hydrogen) atoms. The normalized spacial score (nSPS) is 14.6. The molecule has 4 rings (SSSR count). The Hall–Kier alpha value is -3.29. The van der Waals surface area contributed by atoms with E-state index < -0.39 is 0 Å². The minimum Gasteiger partial charge on any atom is -0.496 e. The number of carbonyl (C=O) groups is 1. The number of carbonyl (C=O) groups excluding carboxylic acids is 1. The molecule has 0 N–H and O–H groups in total. The molecule has 3 heterocycles. The molecule has 8 nitrogen and oxygen atoms in total. The Bertz CT molecular complexity index is 968. The molecule has 1 amide bonds. The van der Waals surface area contributed by atoms with Gasteiger partial charge in [0.25, 0.3) is 0 Å².